The van der Waals surface area contributed by atoms with Crippen LogP contribution in [0.2, 0.25) is 0 Å². The molecule has 1 N–H and O–H groups in total. The summed E-state index contributed by atoms with van der Waals surface area (Å²) in [6, 6.07) is 4.54. The number of aromatic nitrogens is 2. The highest BCUT2D eigenvalue weighted by Crippen LogP contribution is 2.14. The Labute approximate surface area is 78.6 Å². The van der Waals surface area contributed by atoms with Crippen LogP contribution in [0.5, 0.6) is 0 Å². The van der Waals surface area contributed by atoms with Crippen molar-refractivity contribution in [2.24, 2.45) is 0 Å². The molecule has 0 saturated carbocycles. The van der Waals surface area contributed by atoms with Gasteiger partial charge in [-0.15, -0.1) is 0 Å². The van der Waals surface area contributed by atoms with E-state index < -0.39 is 11.8 Å². The normalized spacial score (nSPS) is 10.6. The van der Waals surface area contributed by atoms with Gasteiger partial charge in [0.15, 0.2) is 5.82 Å². The predicted molar refractivity (Wildman–Crippen MR) is 47.3 cm³/mol. The first-order valence-corrected chi connectivity index (χ1v) is 4.00. The van der Waals surface area contributed by atoms with E-state index in [4.69, 9.17) is 5.11 Å². The summed E-state index contributed by atoms with van der Waals surface area (Å²) in [7, 11) is 0. The van der Waals surface area contributed by atoms with E-state index in [9.17, 15) is 9.18 Å². The summed E-state index contributed by atoms with van der Waals surface area (Å²) in [6.45, 7) is -0.256. The number of carboxylic acid groups (broad SMARTS) is 1. The third-order valence-corrected chi connectivity index (χ3v) is 1.83. The van der Waals surface area contributed by atoms with Crippen LogP contribution in [-0.2, 0) is 11.3 Å². The van der Waals surface area contributed by atoms with Crippen LogP contribution in [0.3, 0.4) is 0 Å². The maximum absolute atomic E-state index is 13.1. The molecule has 0 saturated heterocycles. The summed E-state index contributed by atoms with van der Waals surface area (Å²) in [5.41, 5.74) is 0.203. The highest BCUT2D eigenvalue weighted by atomic mass is 19.1. The predicted octanol–water partition coefficient (Wildman–Crippen LogP) is 1.26. The molecule has 2 rings (SSSR count). The van der Waals surface area contributed by atoms with Crippen molar-refractivity contribution in [1.82, 2.24) is 9.78 Å². The van der Waals surface area contributed by atoms with E-state index in [-0.39, 0.29) is 12.1 Å². The van der Waals surface area contributed by atoms with Gasteiger partial charge in [-0.1, -0.05) is 12.1 Å². The minimum Gasteiger partial charge on any atom is -0.480 e. The summed E-state index contributed by atoms with van der Waals surface area (Å²) in [4.78, 5) is 10.4. The van der Waals surface area contributed by atoms with E-state index >= 15 is 0 Å². The van der Waals surface area contributed by atoms with Crippen LogP contribution in [0, 0.1) is 5.82 Å². The smallest absolute Gasteiger partial charge is 0.325 e. The fraction of sp³-hybridized carbons (Fsp3) is 0.111. The SMILES string of the molecule is O=C(O)Cn1cc2cccc(F)c2n1. The number of hydrogen-bond acceptors (Lipinski definition) is 2. The van der Waals surface area contributed by atoms with Gasteiger partial charge in [-0.05, 0) is 6.07 Å². The zero-order chi connectivity index (χ0) is 10.1. The Morgan fingerprint density at radius 3 is 3.00 bits per heavy atom. The lowest BCUT2D eigenvalue weighted by atomic mass is 10.2. The molecule has 1 aromatic carbocycles. The molecule has 14 heavy (non-hydrogen) atoms. The molecule has 0 bridgehead atoms. The summed E-state index contributed by atoms with van der Waals surface area (Å²) >= 11 is 0. The average molecular weight is 194 g/mol. The van der Waals surface area contributed by atoms with Crippen molar-refractivity contribution in [2.45, 2.75) is 6.54 Å². The topological polar surface area (TPSA) is 55.1 Å². The monoisotopic (exact) mass is 194 g/mol. The Bertz CT molecular complexity index is 493. The molecule has 0 aliphatic heterocycles. The highest BCUT2D eigenvalue weighted by molar-refractivity contribution is 5.79. The number of benzene rings is 1. The molecule has 72 valence electrons. The molecule has 0 aliphatic carbocycles. The van der Waals surface area contributed by atoms with Gasteiger partial charge >= 0.3 is 5.97 Å². The maximum atomic E-state index is 13.1. The molecule has 2 aromatic rings. The molecule has 0 spiro atoms. The quantitative estimate of drug-likeness (QED) is 0.782. The molecule has 0 amide bonds. The number of carboxylic acids is 1. The number of halogens is 1. The number of hydrogen-bond donors (Lipinski definition) is 1. The van der Waals surface area contributed by atoms with Crippen LogP contribution in [0.15, 0.2) is 24.4 Å². The molecule has 1 aromatic heterocycles. The molecule has 0 fully saturated rings. The summed E-state index contributed by atoms with van der Waals surface area (Å²) in [6.07, 6.45) is 1.51. The third-order valence-electron chi connectivity index (χ3n) is 1.83. The number of nitrogens with zero attached hydrogens (tertiary/aromatic N) is 2. The molecule has 0 radical (unpaired) electrons. The van der Waals surface area contributed by atoms with Crippen molar-refractivity contribution in [3.05, 3.63) is 30.2 Å². The summed E-state index contributed by atoms with van der Waals surface area (Å²) in [5, 5.41) is 12.9. The molecule has 4 nitrogen and oxygen atoms in total. The number of rotatable bonds is 2. The minimum atomic E-state index is -1.00. The molecule has 0 aliphatic rings. The van der Waals surface area contributed by atoms with Gasteiger partial charge in [-0.2, -0.15) is 5.10 Å². The van der Waals surface area contributed by atoms with Crippen molar-refractivity contribution in [2.75, 3.05) is 0 Å². The van der Waals surface area contributed by atoms with Crippen LogP contribution < -0.4 is 0 Å². The minimum absolute atomic E-state index is 0.203. The van der Waals surface area contributed by atoms with E-state index in [2.05, 4.69) is 5.10 Å². The van der Waals surface area contributed by atoms with Crippen LogP contribution in [0.25, 0.3) is 10.9 Å². The second-order valence-corrected chi connectivity index (χ2v) is 2.90. The first-order valence-electron chi connectivity index (χ1n) is 4.00. The molecular weight excluding hydrogens is 187 g/mol. The molecule has 5 heteroatoms. The van der Waals surface area contributed by atoms with E-state index in [1.165, 1.54) is 16.9 Å². The van der Waals surface area contributed by atoms with Crippen molar-refractivity contribution < 1.29 is 14.3 Å². The Kier molecular flexibility index (Phi) is 1.92. The molecule has 0 unspecified atom stereocenters. The van der Waals surface area contributed by atoms with Gasteiger partial charge < -0.3 is 5.11 Å². The maximum Gasteiger partial charge on any atom is 0.325 e. The van der Waals surface area contributed by atoms with Gasteiger partial charge in [0.25, 0.3) is 0 Å². The Morgan fingerprint density at radius 1 is 1.57 bits per heavy atom. The summed E-state index contributed by atoms with van der Waals surface area (Å²) in [5.74, 6) is -1.44. The molecular formula is C9H7FN2O2. The number of carbonyl (C=O) groups is 1. The first kappa shape index (κ1) is 8.68. The van der Waals surface area contributed by atoms with Crippen molar-refractivity contribution in [1.29, 1.82) is 0 Å². The van der Waals surface area contributed by atoms with E-state index in [1.54, 1.807) is 12.1 Å². The van der Waals surface area contributed by atoms with E-state index in [1.807, 2.05) is 0 Å². The highest BCUT2D eigenvalue weighted by Gasteiger charge is 2.06. The fourth-order valence-electron chi connectivity index (χ4n) is 1.28. The van der Waals surface area contributed by atoms with E-state index in [0.717, 1.165) is 0 Å². The zero-order valence-corrected chi connectivity index (χ0v) is 7.14. The Hall–Kier alpha value is -1.91. The van der Waals surface area contributed by atoms with Crippen LogP contribution in [0.4, 0.5) is 4.39 Å². The Morgan fingerprint density at radius 2 is 2.36 bits per heavy atom. The fourth-order valence-corrected chi connectivity index (χ4v) is 1.28. The second kappa shape index (κ2) is 3.10. The second-order valence-electron chi connectivity index (χ2n) is 2.90. The number of fused-ring (bicyclic) bond motifs is 1. The van der Waals surface area contributed by atoms with Gasteiger partial charge in [-0.3, -0.25) is 9.48 Å². The molecule has 1 heterocycles. The van der Waals surface area contributed by atoms with Crippen molar-refractivity contribution in [3.63, 3.8) is 0 Å². The van der Waals surface area contributed by atoms with Crippen molar-refractivity contribution >= 4 is 16.9 Å². The van der Waals surface area contributed by atoms with Crippen molar-refractivity contribution in [3.8, 4) is 0 Å². The first-order chi connectivity index (χ1) is 6.66. The zero-order valence-electron chi connectivity index (χ0n) is 7.14. The van der Waals surface area contributed by atoms with Gasteiger partial charge in [-0.25, -0.2) is 4.39 Å². The van der Waals surface area contributed by atoms with Crippen LogP contribution in [0.1, 0.15) is 0 Å². The lowest BCUT2D eigenvalue weighted by Gasteiger charge is -1.92. The molecule has 0 atom stereocenters. The van der Waals surface area contributed by atoms with Gasteiger partial charge in [0.1, 0.15) is 12.1 Å². The standard InChI is InChI=1S/C9H7FN2O2/c10-7-3-1-2-6-4-12(5-8(13)14)11-9(6)7/h1-4H,5H2,(H,13,14). The number of aliphatic carboxylic acids is 1. The largest absolute Gasteiger partial charge is 0.480 e. The lowest BCUT2D eigenvalue weighted by molar-refractivity contribution is -0.137. The van der Waals surface area contributed by atoms with Gasteiger partial charge in [0.05, 0.1) is 0 Å². The van der Waals surface area contributed by atoms with Crippen LogP contribution in [-0.4, -0.2) is 20.9 Å². The summed E-state index contributed by atoms with van der Waals surface area (Å²) < 4.78 is 14.3. The average Bonchev–Trinajstić information content (AvgIpc) is 2.47. The van der Waals surface area contributed by atoms with E-state index in [0.29, 0.717) is 5.39 Å². The van der Waals surface area contributed by atoms with Gasteiger partial charge in [0.2, 0.25) is 0 Å². The Balaban J connectivity index is 2.51. The van der Waals surface area contributed by atoms with Crippen LogP contribution >= 0.6 is 0 Å². The third kappa shape index (κ3) is 1.44. The lowest BCUT2D eigenvalue weighted by Crippen LogP contribution is -2.08. The van der Waals surface area contributed by atoms with Gasteiger partial charge in [0, 0.05) is 11.6 Å².